The van der Waals surface area contributed by atoms with Crippen LogP contribution in [0.2, 0.25) is 0 Å². The molecule has 3 nitrogen and oxygen atoms in total. The summed E-state index contributed by atoms with van der Waals surface area (Å²) < 4.78 is 12.5. The largest absolute Gasteiger partial charge is 0.492 e. The number of anilines is 3. The van der Waals surface area contributed by atoms with Gasteiger partial charge in [-0.25, -0.2) is 0 Å². The average Bonchev–Trinajstić information content (AvgIpc) is 4.01. The van der Waals surface area contributed by atoms with Gasteiger partial charge < -0.3 is 14.1 Å². The van der Waals surface area contributed by atoms with Gasteiger partial charge in [-0.05, 0) is 134 Å². The van der Waals surface area contributed by atoms with Crippen molar-refractivity contribution in [2.24, 2.45) is 0 Å². The lowest BCUT2D eigenvalue weighted by atomic mass is 9.73. The van der Waals surface area contributed by atoms with Crippen LogP contribution in [0.5, 0.6) is 5.75 Å². The van der Waals surface area contributed by atoms with Crippen molar-refractivity contribution in [1.29, 1.82) is 0 Å². The maximum Gasteiger partial charge on any atom is 0.135 e. The molecule has 0 radical (unpaired) electrons. The van der Waals surface area contributed by atoms with Crippen molar-refractivity contribution in [1.82, 2.24) is 0 Å². The quantitative estimate of drug-likeness (QED) is 0.167. The van der Waals surface area contributed by atoms with Crippen LogP contribution in [0.4, 0.5) is 17.1 Å². The van der Waals surface area contributed by atoms with Crippen LogP contribution in [0.3, 0.4) is 0 Å². The minimum absolute atomic E-state index is 0.227. The van der Waals surface area contributed by atoms with E-state index in [9.17, 15) is 0 Å². The van der Waals surface area contributed by atoms with Gasteiger partial charge in [0.2, 0.25) is 0 Å². The summed E-state index contributed by atoms with van der Waals surface area (Å²) in [4.78, 5) is 2.42. The molecule has 64 heavy (non-hydrogen) atoms. The predicted octanol–water partition coefficient (Wildman–Crippen LogP) is 16.4. The highest BCUT2D eigenvalue weighted by Gasteiger charge is 2.46. The molecule has 3 heteroatoms. The lowest BCUT2D eigenvalue weighted by Crippen LogP contribution is -2.22. The smallest absolute Gasteiger partial charge is 0.135 e. The molecule has 0 amide bonds. The molecule has 0 spiro atoms. The Hall–Kier alpha value is -7.36. The third kappa shape index (κ3) is 5.87. The normalized spacial score (nSPS) is 15.5. The fourth-order valence-electron chi connectivity index (χ4n) is 11.2. The van der Waals surface area contributed by atoms with Gasteiger partial charge in [0, 0.05) is 50.6 Å². The lowest BCUT2D eigenvalue weighted by Gasteiger charge is -2.33. The van der Waals surface area contributed by atoms with E-state index in [1.165, 1.54) is 66.8 Å². The molecule has 1 aromatic heterocycles. The molecule has 0 bridgehead atoms. The van der Waals surface area contributed by atoms with Crippen LogP contribution in [0.1, 0.15) is 62.4 Å². The van der Waals surface area contributed by atoms with Gasteiger partial charge in [0.15, 0.2) is 0 Å². The van der Waals surface area contributed by atoms with E-state index in [2.05, 4.69) is 209 Å². The molecule has 310 valence electrons. The van der Waals surface area contributed by atoms with Crippen LogP contribution in [0, 0.1) is 0 Å². The Kier molecular flexibility index (Phi) is 8.59. The molecular formula is C61H49NO2. The van der Waals surface area contributed by atoms with Crippen LogP contribution >= 0.6 is 0 Å². The third-order valence-electron chi connectivity index (χ3n) is 14.3. The second kappa shape index (κ2) is 14.3. The number of nitrogens with zero attached hydrogens (tertiary/aromatic N) is 1. The topological polar surface area (TPSA) is 25.6 Å². The molecule has 12 rings (SSSR count). The van der Waals surface area contributed by atoms with Gasteiger partial charge in [0.1, 0.15) is 16.9 Å². The summed E-state index contributed by atoms with van der Waals surface area (Å²) >= 11 is 0. The zero-order valence-electron chi connectivity index (χ0n) is 37.0. The summed E-state index contributed by atoms with van der Waals surface area (Å²) in [6, 6.07) is 64.2. The zero-order valence-corrected chi connectivity index (χ0v) is 37.0. The van der Waals surface area contributed by atoms with Crippen LogP contribution in [0.25, 0.3) is 66.5 Å². The van der Waals surface area contributed by atoms with E-state index in [0.29, 0.717) is 0 Å². The van der Waals surface area contributed by atoms with Gasteiger partial charge in [0.05, 0.1) is 6.61 Å². The highest BCUT2D eigenvalue weighted by Crippen LogP contribution is 2.59. The minimum Gasteiger partial charge on any atom is -0.492 e. The molecule has 0 fully saturated rings. The molecule has 0 unspecified atom stereocenters. The van der Waals surface area contributed by atoms with E-state index in [4.69, 9.17) is 9.15 Å². The van der Waals surface area contributed by atoms with Crippen molar-refractivity contribution in [3.05, 3.63) is 215 Å². The minimum atomic E-state index is -0.326. The number of fused-ring (bicyclic) bond motifs is 7. The Morgan fingerprint density at radius 1 is 0.484 bits per heavy atom. The summed E-state index contributed by atoms with van der Waals surface area (Å²) in [5, 5.41) is 2.27. The van der Waals surface area contributed by atoms with Crippen molar-refractivity contribution in [3.63, 3.8) is 0 Å². The van der Waals surface area contributed by atoms with Gasteiger partial charge in [-0.1, -0.05) is 155 Å². The summed E-state index contributed by atoms with van der Waals surface area (Å²) in [6.07, 6.45) is 3.45. The number of hydrogen-bond donors (Lipinski definition) is 0. The number of hydrogen-bond acceptors (Lipinski definition) is 3. The van der Waals surface area contributed by atoms with E-state index in [0.717, 1.165) is 68.9 Å². The molecule has 9 aromatic rings. The van der Waals surface area contributed by atoms with E-state index in [1.54, 1.807) is 0 Å². The molecule has 8 aromatic carbocycles. The molecule has 2 aliphatic carbocycles. The number of para-hydroxylation sites is 2. The maximum atomic E-state index is 6.31. The first-order chi connectivity index (χ1) is 31.1. The Morgan fingerprint density at radius 3 is 1.89 bits per heavy atom. The van der Waals surface area contributed by atoms with Crippen molar-refractivity contribution in [2.75, 3.05) is 11.5 Å². The van der Waals surface area contributed by atoms with E-state index in [1.807, 2.05) is 12.1 Å². The first-order valence-electron chi connectivity index (χ1n) is 22.6. The number of benzene rings is 8. The Morgan fingerprint density at radius 2 is 1.11 bits per heavy atom. The van der Waals surface area contributed by atoms with Crippen LogP contribution in [0.15, 0.2) is 192 Å². The van der Waals surface area contributed by atoms with Crippen molar-refractivity contribution >= 4 is 50.1 Å². The highest BCUT2D eigenvalue weighted by atomic mass is 16.5. The van der Waals surface area contributed by atoms with Crippen molar-refractivity contribution in [2.45, 2.75) is 51.9 Å². The summed E-state index contributed by atoms with van der Waals surface area (Å²) in [5.74, 6) is 1.05. The van der Waals surface area contributed by atoms with Gasteiger partial charge in [-0.2, -0.15) is 0 Å². The molecule has 2 heterocycles. The van der Waals surface area contributed by atoms with E-state index >= 15 is 0 Å². The molecule has 0 saturated heterocycles. The summed E-state index contributed by atoms with van der Waals surface area (Å²) in [7, 11) is 0. The summed E-state index contributed by atoms with van der Waals surface area (Å²) in [6.45, 7) is 12.8. The molecule has 0 saturated carbocycles. The number of ether oxygens (including phenoxy) is 1. The van der Waals surface area contributed by atoms with E-state index in [-0.39, 0.29) is 10.8 Å². The highest BCUT2D eigenvalue weighted by molar-refractivity contribution is 6.06. The molecular weight excluding hydrogens is 779 g/mol. The van der Waals surface area contributed by atoms with Gasteiger partial charge in [0.25, 0.3) is 0 Å². The second-order valence-electron chi connectivity index (χ2n) is 18.8. The Balaban J connectivity index is 0.985. The Labute approximate surface area is 375 Å². The summed E-state index contributed by atoms with van der Waals surface area (Å²) in [5.41, 5.74) is 22.5. The first-order valence-corrected chi connectivity index (χ1v) is 22.6. The molecule has 0 atom stereocenters. The average molecular weight is 828 g/mol. The fourth-order valence-corrected chi connectivity index (χ4v) is 11.2. The Bertz CT molecular complexity index is 3400. The predicted molar refractivity (Wildman–Crippen MR) is 267 cm³/mol. The van der Waals surface area contributed by atoms with Gasteiger partial charge in [-0.3, -0.25) is 0 Å². The third-order valence-corrected chi connectivity index (χ3v) is 14.3. The van der Waals surface area contributed by atoms with Crippen LogP contribution in [-0.2, 0) is 17.3 Å². The lowest BCUT2D eigenvalue weighted by molar-refractivity contribution is 0.358. The van der Waals surface area contributed by atoms with Gasteiger partial charge in [-0.15, -0.1) is 0 Å². The van der Waals surface area contributed by atoms with Crippen LogP contribution < -0.4 is 9.64 Å². The van der Waals surface area contributed by atoms with Gasteiger partial charge >= 0.3 is 0 Å². The molecule has 1 aliphatic heterocycles. The van der Waals surface area contributed by atoms with E-state index < -0.39 is 0 Å². The monoisotopic (exact) mass is 827 g/mol. The fraction of sp³-hybridized carbons (Fsp3) is 0.148. The number of allylic oxidation sites excluding steroid dienone is 4. The second-order valence-corrected chi connectivity index (χ2v) is 18.8. The molecule has 3 aliphatic rings. The number of rotatable bonds is 6. The molecule has 0 N–H and O–H groups in total. The van der Waals surface area contributed by atoms with Crippen molar-refractivity contribution < 1.29 is 9.15 Å². The maximum absolute atomic E-state index is 6.31. The zero-order chi connectivity index (χ0) is 43.3. The van der Waals surface area contributed by atoms with Crippen LogP contribution in [-0.4, -0.2) is 6.61 Å². The SMILES string of the molecule is CC1=CC2=C(c3cccc(-c4cccc5c4OCC5)c3C2(C)C)C(C)(C)c2cc(N(c3ccc(-c4ccccc4)cc3)c3ccc(-c4ccc5oc6ccccc6c5c4)cc3)ccc21. The van der Waals surface area contributed by atoms with Crippen molar-refractivity contribution in [3.8, 4) is 39.1 Å². The number of furan rings is 1. The first kappa shape index (κ1) is 38.3. The standard InChI is InChI=1S/C61H49NO2/c1-38-35-54-58(51-19-12-17-49(57(51)61(54,4)5)50-18-11-15-42-33-34-63-59(42)50)60(2,3)53-37-46(30-31-47(38)53)62(44-26-21-40(22-27-44)39-13-7-6-8-14-39)45-28-23-41(24-29-45)43-25-32-56-52(36-43)48-16-9-10-20-55(48)64-56/h6-32,35-37H,33-34H2,1-5H3.